The fourth-order valence-corrected chi connectivity index (χ4v) is 3.42. The van der Waals surface area contributed by atoms with Crippen LogP contribution in [-0.4, -0.2) is 55.9 Å². The molecular formula is C19H28N6O2. The first-order chi connectivity index (χ1) is 13.1. The molecule has 1 unspecified atom stereocenters. The zero-order valence-corrected chi connectivity index (χ0v) is 16.1. The minimum absolute atomic E-state index is 0.0458. The molecule has 0 bridgehead atoms. The molecule has 8 nitrogen and oxygen atoms in total. The van der Waals surface area contributed by atoms with Crippen LogP contribution in [0.25, 0.3) is 5.78 Å². The molecule has 0 saturated carbocycles. The molecule has 1 N–H and O–H groups in total. The maximum atomic E-state index is 12.8. The molecule has 2 aromatic rings. The Hall–Kier alpha value is -2.51. The number of nitrogens with one attached hydrogen (secondary N) is 1. The van der Waals surface area contributed by atoms with Crippen molar-refractivity contribution in [3.05, 3.63) is 23.8 Å². The third kappa shape index (κ3) is 4.61. The Balaban J connectivity index is 1.58. The number of hydrogen-bond donors (Lipinski definition) is 1. The molecule has 1 aliphatic heterocycles. The van der Waals surface area contributed by atoms with Crippen LogP contribution in [0.5, 0.6) is 0 Å². The summed E-state index contributed by atoms with van der Waals surface area (Å²) < 4.78 is 1.57. The summed E-state index contributed by atoms with van der Waals surface area (Å²) in [5, 5.41) is 7.30. The van der Waals surface area contributed by atoms with Gasteiger partial charge in [0.15, 0.2) is 0 Å². The highest BCUT2D eigenvalue weighted by atomic mass is 16.2. The van der Waals surface area contributed by atoms with E-state index in [0.29, 0.717) is 25.4 Å². The number of carbonyl (C=O) groups is 2. The molecule has 0 aromatic carbocycles. The molecule has 146 valence electrons. The van der Waals surface area contributed by atoms with Crippen LogP contribution in [0.1, 0.15) is 61.8 Å². The quantitative estimate of drug-likeness (QED) is 0.750. The highest BCUT2D eigenvalue weighted by Gasteiger charge is 2.30. The van der Waals surface area contributed by atoms with Crippen LogP contribution in [0.2, 0.25) is 0 Å². The summed E-state index contributed by atoms with van der Waals surface area (Å²) >= 11 is 0. The molecule has 1 fully saturated rings. The summed E-state index contributed by atoms with van der Waals surface area (Å²) in [4.78, 5) is 35.3. The van der Waals surface area contributed by atoms with Crippen molar-refractivity contribution in [3.63, 3.8) is 0 Å². The summed E-state index contributed by atoms with van der Waals surface area (Å²) in [6.45, 7) is 5.81. The molecule has 8 heteroatoms. The number of fused-ring (bicyclic) bond motifs is 1. The largest absolute Gasteiger partial charge is 0.356 e. The fraction of sp³-hybridized carbons (Fsp3) is 0.632. The van der Waals surface area contributed by atoms with Gasteiger partial charge in [0.2, 0.25) is 11.7 Å². The Labute approximate surface area is 159 Å². The maximum absolute atomic E-state index is 12.8. The van der Waals surface area contributed by atoms with Crippen LogP contribution >= 0.6 is 0 Å². The average Bonchev–Trinajstić information content (AvgIpc) is 3.13. The highest BCUT2D eigenvalue weighted by Crippen LogP contribution is 2.18. The van der Waals surface area contributed by atoms with Gasteiger partial charge in [-0.1, -0.05) is 26.2 Å². The van der Waals surface area contributed by atoms with E-state index in [1.807, 2.05) is 13.0 Å². The van der Waals surface area contributed by atoms with Gasteiger partial charge in [-0.2, -0.15) is 4.98 Å². The van der Waals surface area contributed by atoms with Gasteiger partial charge in [0, 0.05) is 31.5 Å². The monoisotopic (exact) mass is 372 g/mol. The minimum Gasteiger partial charge on any atom is -0.356 e. The maximum Gasteiger partial charge on any atom is 0.293 e. The van der Waals surface area contributed by atoms with Crippen LogP contribution in [-0.2, 0) is 4.79 Å². The lowest BCUT2D eigenvalue weighted by Crippen LogP contribution is -2.45. The van der Waals surface area contributed by atoms with Crippen LogP contribution in [0.15, 0.2) is 12.3 Å². The molecule has 0 spiro atoms. The van der Waals surface area contributed by atoms with Crippen LogP contribution in [0.3, 0.4) is 0 Å². The lowest BCUT2D eigenvalue weighted by Gasteiger charge is -2.31. The molecule has 2 aromatic heterocycles. The lowest BCUT2D eigenvalue weighted by molar-refractivity contribution is -0.126. The first-order valence-corrected chi connectivity index (χ1v) is 9.85. The number of amides is 2. The average molecular weight is 372 g/mol. The Bertz CT molecular complexity index is 803. The van der Waals surface area contributed by atoms with Crippen molar-refractivity contribution in [2.75, 3.05) is 19.6 Å². The van der Waals surface area contributed by atoms with Gasteiger partial charge in [0.1, 0.15) is 0 Å². The van der Waals surface area contributed by atoms with E-state index in [0.717, 1.165) is 31.4 Å². The number of aromatic nitrogens is 4. The van der Waals surface area contributed by atoms with Gasteiger partial charge in [-0.3, -0.25) is 9.59 Å². The molecule has 1 atom stereocenters. The van der Waals surface area contributed by atoms with Gasteiger partial charge in [0.25, 0.3) is 11.7 Å². The van der Waals surface area contributed by atoms with Crippen molar-refractivity contribution >= 4 is 17.6 Å². The Morgan fingerprint density at radius 2 is 2.15 bits per heavy atom. The van der Waals surface area contributed by atoms with Crippen LogP contribution < -0.4 is 5.32 Å². The van der Waals surface area contributed by atoms with Crippen molar-refractivity contribution in [1.82, 2.24) is 29.8 Å². The summed E-state index contributed by atoms with van der Waals surface area (Å²) in [6, 6.07) is 1.82. The second-order valence-electron chi connectivity index (χ2n) is 7.18. The van der Waals surface area contributed by atoms with Crippen molar-refractivity contribution in [3.8, 4) is 0 Å². The van der Waals surface area contributed by atoms with E-state index in [-0.39, 0.29) is 23.6 Å². The number of likely N-dealkylation sites (tertiary alicyclic amines) is 1. The van der Waals surface area contributed by atoms with E-state index in [1.54, 1.807) is 15.6 Å². The lowest BCUT2D eigenvalue weighted by atomic mass is 9.97. The Morgan fingerprint density at radius 1 is 1.30 bits per heavy atom. The highest BCUT2D eigenvalue weighted by molar-refractivity contribution is 5.91. The van der Waals surface area contributed by atoms with E-state index in [9.17, 15) is 9.59 Å². The summed E-state index contributed by atoms with van der Waals surface area (Å²) in [6.07, 6.45) is 7.79. The number of piperidine rings is 1. The predicted octanol–water partition coefficient (Wildman–Crippen LogP) is 1.98. The number of carbonyl (C=O) groups excluding carboxylic acids is 2. The topological polar surface area (TPSA) is 92.5 Å². The predicted molar refractivity (Wildman–Crippen MR) is 101 cm³/mol. The normalized spacial score (nSPS) is 17.3. The molecule has 3 heterocycles. The number of nitrogens with zero attached hydrogens (tertiary/aromatic N) is 5. The van der Waals surface area contributed by atoms with Gasteiger partial charge < -0.3 is 10.2 Å². The van der Waals surface area contributed by atoms with E-state index < -0.39 is 0 Å². The smallest absolute Gasteiger partial charge is 0.293 e. The van der Waals surface area contributed by atoms with E-state index in [2.05, 4.69) is 27.3 Å². The molecule has 0 aliphatic carbocycles. The van der Waals surface area contributed by atoms with E-state index in [4.69, 9.17) is 0 Å². The van der Waals surface area contributed by atoms with Gasteiger partial charge >= 0.3 is 0 Å². The zero-order valence-electron chi connectivity index (χ0n) is 16.1. The van der Waals surface area contributed by atoms with E-state index >= 15 is 0 Å². The van der Waals surface area contributed by atoms with Gasteiger partial charge in [-0.25, -0.2) is 9.50 Å². The number of hydrogen-bond acceptors (Lipinski definition) is 5. The van der Waals surface area contributed by atoms with Gasteiger partial charge in [0.05, 0.1) is 5.92 Å². The van der Waals surface area contributed by atoms with E-state index in [1.165, 1.54) is 12.8 Å². The minimum atomic E-state index is -0.236. The molecule has 1 saturated heterocycles. The Kier molecular flexibility index (Phi) is 6.36. The molecular weight excluding hydrogens is 344 g/mol. The SMILES string of the molecule is CCCCCCNC(=O)C1CCCN(C(=O)c2nc3nccc(C)n3n2)C1. The second kappa shape index (κ2) is 8.92. The third-order valence-electron chi connectivity index (χ3n) is 5.03. The van der Waals surface area contributed by atoms with Crippen molar-refractivity contribution < 1.29 is 9.59 Å². The Morgan fingerprint density at radius 3 is 2.93 bits per heavy atom. The van der Waals surface area contributed by atoms with Crippen molar-refractivity contribution in [1.29, 1.82) is 0 Å². The van der Waals surface area contributed by atoms with Gasteiger partial charge in [-0.05, 0) is 32.3 Å². The number of unbranched alkanes of at least 4 members (excludes halogenated alkanes) is 3. The number of rotatable bonds is 7. The molecule has 27 heavy (non-hydrogen) atoms. The summed E-state index contributed by atoms with van der Waals surface area (Å²) in [5.41, 5.74) is 0.866. The molecule has 0 radical (unpaired) electrons. The standard InChI is InChI=1S/C19H28N6O2/c1-3-4-5-6-10-20-17(26)15-8-7-12-24(13-15)18(27)16-22-19-21-11-9-14(2)25(19)23-16/h9,11,15H,3-8,10,12-13H2,1-2H3,(H,20,26). The first kappa shape index (κ1) is 19.3. The molecule has 2 amide bonds. The second-order valence-corrected chi connectivity index (χ2v) is 7.18. The molecule has 3 rings (SSSR count). The number of aryl methyl sites for hydroxylation is 1. The van der Waals surface area contributed by atoms with Crippen molar-refractivity contribution in [2.24, 2.45) is 5.92 Å². The third-order valence-corrected chi connectivity index (χ3v) is 5.03. The van der Waals surface area contributed by atoms with Crippen molar-refractivity contribution in [2.45, 2.75) is 52.4 Å². The molecule has 1 aliphatic rings. The first-order valence-electron chi connectivity index (χ1n) is 9.85. The van der Waals surface area contributed by atoms with Crippen LogP contribution in [0.4, 0.5) is 0 Å². The fourth-order valence-electron chi connectivity index (χ4n) is 3.42. The summed E-state index contributed by atoms with van der Waals surface area (Å²) in [5.74, 6) is 0.199. The zero-order chi connectivity index (χ0) is 19.2. The summed E-state index contributed by atoms with van der Waals surface area (Å²) in [7, 11) is 0. The van der Waals surface area contributed by atoms with Gasteiger partial charge in [-0.15, -0.1) is 5.10 Å². The van der Waals surface area contributed by atoms with Crippen LogP contribution in [0, 0.1) is 12.8 Å².